The molecule has 0 N–H and O–H groups in total. The van der Waals surface area contributed by atoms with Crippen LogP contribution in [0.3, 0.4) is 0 Å². The highest BCUT2D eigenvalue weighted by atomic mass is 16.5. The number of aromatic nitrogens is 2. The molecule has 4 heteroatoms. The molecule has 0 saturated carbocycles. The van der Waals surface area contributed by atoms with Gasteiger partial charge in [0, 0.05) is 5.56 Å². The fourth-order valence-corrected chi connectivity index (χ4v) is 2.38. The smallest absolute Gasteiger partial charge is 0.268 e. The van der Waals surface area contributed by atoms with Gasteiger partial charge in [0.1, 0.15) is 11.6 Å². The van der Waals surface area contributed by atoms with Crippen LogP contribution in [-0.4, -0.2) is 10.1 Å². The number of aryl methyl sites for hydroxylation is 1. The Morgan fingerprint density at radius 1 is 1.08 bits per heavy atom. The molecule has 1 heterocycles. The van der Waals surface area contributed by atoms with Gasteiger partial charge in [0.15, 0.2) is 0 Å². The van der Waals surface area contributed by atoms with Gasteiger partial charge in [-0.1, -0.05) is 71.4 Å². The van der Waals surface area contributed by atoms with Crippen molar-refractivity contribution in [1.82, 2.24) is 10.1 Å². The summed E-state index contributed by atoms with van der Waals surface area (Å²) >= 11 is 0. The Morgan fingerprint density at radius 3 is 2.48 bits per heavy atom. The van der Waals surface area contributed by atoms with E-state index in [1.807, 2.05) is 74.5 Å². The molecule has 0 aliphatic heterocycles. The SMILES string of the molecule is CC(=C\c1ccccc1)/C=C(\C#N)c1nc(-c2ccc(C)cc2)no1. The number of rotatable bonds is 4. The lowest BCUT2D eigenvalue weighted by Crippen LogP contribution is -1.85. The topological polar surface area (TPSA) is 62.7 Å². The largest absolute Gasteiger partial charge is 0.333 e. The predicted octanol–water partition coefficient (Wildman–Crippen LogP) is 5.06. The van der Waals surface area contributed by atoms with Crippen LogP contribution in [0.1, 0.15) is 23.9 Å². The van der Waals surface area contributed by atoms with Crippen LogP contribution in [0.25, 0.3) is 23.0 Å². The van der Waals surface area contributed by atoms with E-state index in [1.165, 1.54) is 0 Å². The van der Waals surface area contributed by atoms with E-state index in [4.69, 9.17) is 4.52 Å². The molecule has 25 heavy (non-hydrogen) atoms. The summed E-state index contributed by atoms with van der Waals surface area (Å²) in [4.78, 5) is 4.35. The van der Waals surface area contributed by atoms with Gasteiger partial charge in [-0.2, -0.15) is 10.2 Å². The molecule has 0 atom stereocenters. The fourth-order valence-electron chi connectivity index (χ4n) is 2.38. The first kappa shape index (κ1) is 16.4. The Kier molecular flexibility index (Phi) is 4.87. The number of hydrogen-bond donors (Lipinski definition) is 0. The highest BCUT2D eigenvalue weighted by Gasteiger charge is 2.12. The molecule has 0 aliphatic carbocycles. The molecule has 4 nitrogen and oxygen atoms in total. The van der Waals surface area contributed by atoms with E-state index in [2.05, 4.69) is 16.2 Å². The summed E-state index contributed by atoms with van der Waals surface area (Å²) in [5.41, 5.74) is 4.36. The Hall–Kier alpha value is -3.45. The zero-order valence-electron chi connectivity index (χ0n) is 14.1. The van der Waals surface area contributed by atoms with E-state index in [0.29, 0.717) is 11.4 Å². The molecule has 122 valence electrons. The Labute approximate surface area is 146 Å². The first-order valence-corrected chi connectivity index (χ1v) is 7.92. The summed E-state index contributed by atoms with van der Waals surface area (Å²) in [6.45, 7) is 3.95. The summed E-state index contributed by atoms with van der Waals surface area (Å²) in [5, 5.41) is 13.4. The maximum absolute atomic E-state index is 9.44. The summed E-state index contributed by atoms with van der Waals surface area (Å²) in [7, 11) is 0. The van der Waals surface area contributed by atoms with E-state index >= 15 is 0 Å². The number of nitriles is 1. The minimum atomic E-state index is 0.221. The third-order valence-corrected chi connectivity index (χ3v) is 3.65. The average molecular weight is 327 g/mol. The monoisotopic (exact) mass is 327 g/mol. The second-order valence-corrected chi connectivity index (χ2v) is 5.76. The van der Waals surface area contributed by atoms with Gasteiger partial charge in [-0.25, -0.2) is 0 Å². The second-order valence-electron chi connectivity index (χ2n) is 5.76. The van der Waals surface area contributed by atoms with E-state index in [1.54, 1.807) is 6.08 Å². The van der Waals surface area contributed by atoms with Crippen LogP contribution in [0.4, 0.5) is 0 Å². The average Bonchev–Trinajstić information content (AvgIpc) is 3.11. The fraction of sp³-hybridized carbons (Fsp3) is 0.0952. The number of allylic oxidation sites excluding steroid dienone is 3. The van der Waals surface area contributed by atoms with Gasteiger partial charge in [0.2, 0.25) is 5.82 Å². The molecular weight excluding hydrogens is 310 g/mol. The van der Waals surface area contributed by atoms with Gasteiger partial charge < -0.3 is 4.52 Å². The molecule has 0 radical (unpaired) electrons. The van der Waals surface area contributed by atoms with Crippen LogP contribution in [0.15, 0.2) is 70.8 Å². The number of hydrogen-bond acceptors (Lipinski definition) is 4. The van der Waals surface area contributed by atoms with E-state index in [0.717, 1.165) is 22.3 Å². The van der Waals surface area contributed by atoms with Gasteiger partial charge >= 0.3 is 0 Å². The number of nitrogens with zero attached hydrogens (tertiary/aromatic N) is 3. The molecule has 0 spiro atoms. The third kappa shape index (κ3) is 4.10. The first-order valence-electron chi connectivity index (χ1n) is 7.92. The van der Waals surface area contributed by atoms with Crippen molar-refractivity contribution in [2.45, 2.75) is 13.8 Å². The molecule has 0 saturated heterocycles. The zero-order chi connectivity index (χ0) is 17.6. The Bertz CT molecular complexity index is 958. The van der Waals surface area contributed by atoms with E-state index in [-0.39, 0.29) is 5.89 Å². The minimum Gasteiger partial charge on any atom is -0.333 e. The van der Waals surface area contributed by atoms with Crippen molar-refractivity contribution in [1.29, 1.82) is 5.26 Å². The Morgan fingerprint density at radius 2 is 1.80 bits per heavy atom. The van der Waals surface area contributed by atoms with Gasteiger partial charge in [-0.3, -0.25) is 0 Å². The third-order valence-electron chi connectivity index (χ3n) is 3.65. The maximum atomic E-state index is 9.44. The molecule has 0 aliphatic rings. The highest BCUT2D eigenvalue weighted by Crippen LogP contribution is 2.21. The van der Waals surface area contributed by atoms with E-state index < -0.39 is 0 Å². The summed E-state index contributed by atoms with van der Waals surface area (Å²) in [5.74, 6) is 0.694. The van der Waals surface area contributed by atoms with Crippen molar-refractivity contribution in [3.05, 3.63) is 83.3 Å². The molecule has 2 aromatic carbocycles. The lowest BCUT2D eigenvalue weighted by atomic mass is 10.1. The Balaban J connectivity index is 1.88. The van der Waals surface area contributed by atoms with Crippen molar-refractivity contribution in [2.24, 2.45) is 0 Å². The van der Waals surface area contributed by atoms with E-state index in [9.17, 15) is 5.26 Å². The standard InChI is InChI=1S/C21H17N3O/c1-15-8-10-18(11-9-15)20-23-21(25-24-20)19(14-22)13-16(2)12-17-6-4-3-5-7-17/h3-13H,1-2H3/b16-12+,19-13+. The van der Waals surface area contributed by atoms with Crippen LogP contribution in [0.5, 0.6) is 0 Å². The van der Waals surface area contributed by atoms with Gasteiger partial charge in [-0.15, -0.1) is 0 Å². The van der Waals surface area contributed by atoms with Gasteiger partial charge in [0.05, 0.1) is 0 Å². The second kappa shape index (κ2) is 7.41. The van der Waals surface area contributed by atoms with Crippen molar-refractivity contribution in [3.63, 3.8) is 0 Å². The van der Waals surface area contributed by atoms with Crippen molar-refractivity contribution in [2.75, 3.05) is 0 Å². The molecule has 3 aromatic rings. The van der Waals surface area contributed by atoms with Crippen LogP contribution in [0.2, 0.25) is 0 Å². The molecule has 0 unspecified atom stereocenters. The normalized spacial score (nSPS) is 12.0. The highest BCUT2D eigenvalue weighted by molar-refractivity contribution is 5.76. The summed E-state index contributed by atoms with van der Waals surface area (Å²) < 4.78 is 5.27. The van der Waals surface area contributed by atoms with Crippen molar-refractivity contribution < 1.29 is 4.52 Å². The number of benzene rings is 2. The minimum absolute atomic E-state index is 0.221. The van der Waals surface area contributed by atoms with Gasteiger partial charge in [-0.05, 0) is 31.1 Å². The quantitative estimate of drug-likeness (QED) is 0.496. The van der Waals surface area contributed by atoms with Crippen LogP contribution < -0.4 is 0 Å². The summed E-state index contributed by atoms with van der Waals surface area (Å²) in [6, 6.07) is 19.9. The predicted molar refractivity (Wildman–Crippen MR) is 98.2 cm³/mol. The first-order chi connectivity index (χ1) is 12.2. The van der Waals surface area contributed by atoms with Crippen LogP contribution in [-0.2, 0) is 0 Å². The maximum Gasteiger partial charge on any atom is 0.268 e. The van der Waals surface area contributed by atoms with Crippen LogP contribution in [0, 0.1) is 18.3 Å². The molecule has 0 bridgehead atoms. The lowest BCUT2D eigenvalue weighted by molar-refractivity contribution is 0.409. The summed E-state index contributed by atoms with van der Waals surface area (Å²) in [6.07, 6.45) is 3.74. The van der Waals surface area contributed by atoms with Crippen LogP contribution >= 0.6 is 0 Å². The lowest BCUT2D eigenvalue weighted by Gasteiger charge is -1.96. The molecule has 0 fully saturated rings. The molecule has 1 aromatic heterocycles. The van der Waals surface area contributed by atoms with Crippen molar-refractivity contribution >= 4 is 11.6 Å². The zero-order valence-corrected chi connectivity index (χ0v) is 14.1. The molecule has 3 rings (SSSR count). The molecule has 0 amide bonds. The molecular formula is C21H17N3O. The van der Waals surface area contributed by atoms with Gasteiger partial charge in [0.25, 0.3) is 5.89 Å². The van der Waals surface area contributed by atoms with Crippen molar-refractivity contribution in [3.8, 4) is 17.5 Å².